The topological polar surface area (TPSA) is 51.6 Å². The van der Waals surface area contributed by atoms with Gasteiger partial charge >= 0.3 is 0 Å². The van der Waals surface area contributed by atoms with Gasteiger partial charge in [0.25, 0.3) is 0 Å². The molecule has 0 bridgehead atoms. The highest BCUT2D eigenvalue weighted by Gasteiger charge is 2.17. The van der Waals surface area contributed by atoms with Crippen LogP contribution in [0.25, 0.3) is 77.7 Å². The molecule has 0 amide bonds. The number of rotatable bonds is 4. The maximum absolute atomic E-state index is 5.30. The Hall–Kier alpha value is -5.74. The molecule has 0 spiro atoms. The lowest BCUT2D eigenvalue weighted by Gasteiger charge is -2.13. The molecule has 196 valence electrons. The van der Waals surface area contributed by atoms with Crippen molar-refractivity contribution in [3.63, 3.8) is 0 Å². The molecule has 4 heteroatoms. The molecule has 0 N–H and O–H groups in total. The van der Waals surface area contributed by atoms with Gasteiger partial charge in [-0.15, -0.1) is 0 Å². The Morgan fingerprint density at radius 3 is 1.76 bits per heavy atom. The number of fused-ring (bicyclic) bond motifs is 4. The highest BCUT2D eigenvalue weighted by Crippen LogP contribution is 2.35. The van der Waals surface area contributed by atoms with E-state index in [1.54, 1.807) is 0 Å². The number of hydrogen-bond donors (Lipinski definition) is 0. The third kappa shape index (κ3) is 4.18. The SMILES string of the molecule is c1ccc(-c2ccc(-c3nc4cccc(-c5ccc6ccc7cccnc7c6n5)c4nc3-c3ccccc3)cc2)cc1. The molecule has 0 aliphatic heterocycles. The van der Waals surface area contributed by atoms with E-state index in [-0.39, 0.29) is 0 Å². The van der Waals surface area contributed by atoms with E-state index in [1.165, 1.54) is 11.1 Å². The van der Waals surface area contributed by atoms with Gasteiger partial charge in [-0.3, -0.25) is 4.98 Å². The summed E-state index contributed by atoms with van der Waals surface area (Å²) in [5.74, 6) is 0. The normalized spacial score (nSPS) is 11.3. The summed E-state index contributed by atoms with van der Waals surface area (Å²) in [6.07, 6.45) is 1.82. The van der Waals surface area contributed by atoms with E-state index in [2.05, 4.69) is 102 Å². The smallest absolute Gasteiger partial charge is 0.0988 e. The minimum absolute atomic E-state index is 0.820. The maximum Gasteiger partial charge on any atom is 0.0988 e. The zero-order chi connectivity index (χ0) is 27.9. The summed E-state index contributed by atoms with van der Waals surface area (Å²) in [5.41, 5.74) is 11.3. The number of nitrogens with zero attached hydrogens (tertiary/aromatic N) is 4. The van der Waals surface area contributed by atoms with Gasteiger partial charge in [0.15, 0.2) is 0 Å². The minimum Gasteiger partial charge on any atom is -0.254 e. The second-order valence-corrected chi connectivity index (χ2v) is 10.3. The molecule has 0 unspecified atom stereocenters. The fourth-order valence-corrected chi connectivity index (χ4v) is 5.61. The van der Waals surface area contributed by atoms with Gasteiger partial charge in [-0.25, -0.2) is 15.0 Å². The van der Waals surface area contributed by atoms with Crippen LogP contribution in [0, 0.1) is 0 Å². The summed E-state index contributed by atoms with van der Waals surface area (Å²) in [5, 5.41) is 2.13. The first-order valence-electron chi connectivity index (χ1n) is 14.0. The van der Waals surface area contributed by atoms with Gasteiger partial charge in [-0.1, -0.05) is 121 Å². The van der Waals surface area contributed by atoms with Crippen molar-refractivity contribution in [3.05, 3.63) is 146 Å². The van der Waals surface area contributed by atoms with E-state index in [0.717, 1.165) is 66.6 Å². The molecule has 0 fully saturated rings. The number of benzene rings is 5. The van der Waals surface area contributed by atoms with Gasteiger partial charge in [-0.05, 0) is 29.3 Å². The van der Waals surface area contributed by atoms with Crippen LogP contribution >= 0.6 is 0 Å². The molecule has 0 saturated heterocycles. The Bertz CT molecular complexity index is 2230. The first-order valence-corrected chi connectivity index (χ1v) is 14.0. The zero-order valence-corrected chi connectivity index (χ0v) is 22.6. The van der Waals surface area contributed by atoms with Gasteiger partial charge in [0.1, 0.15) is 0 Å². The van der Waals surface area contributed by atoms with Gasteiger partial charge < -0.3 is 0 Å². The van der Waals surface area contributed by atoms with Crippen LogP contribution in [0.1, 0.15) is 0 Å². The first kappa shape index (κ1) is 24.1. The minimum atomic E-state index is 0.820. The summed E-state index contributed by atoms with van der Waals surface area (Å²) >= 11 is 0. The summed E-state index contributed by atoms with van der Waals surface area (Å²) in [6, 6.07) is 47.8. The van der Waals surface area contributed by atoms with E-state index >= 15 is 0 Å². The van der Waals surface area contributed by atoms with E-state index in [1.807, 2.05) is 48.7 Å². The van der Waals surface area contributed by atoms with Crippen LogP contribution in [0.3, 0.4) is 0 Å². The summed E-state index contributed by atoms with van der Waals surface area (Å²) in [7, 11) is 0. The van der Waals surface area contributed by atoms with Crippen molar-refractivity contribution in [1.82, 2.24) is 19.9 Å². The van der Waals surface area contributed by atoms with Gasteiger partial charge in [0.05, 0.1) is 39.1 Å². The molecule has 0 saturated carbocycles. The lowest BCUT2D eigenvalue weighted by molar-refractivity contribution is 1.29. The van der Waals surface area contributed by atoms with Crippen molar-refractivity contribution < 1.29 is 0 Å². The standard InChI is InChI=1S/C38H24N4/c1-3-9-25(10-4-1)26-16-18-29(19-17-26)36-37(27-11-5-2-6-12-27)42-38-31(14-7-15-33(38)41-36)32-23-22-30-21-20-28-13-8-24-39-34(28)35(30)40-32/h1-24H. The van der Waals surface area contributed by atoms with Crippen LogP contribution in [-0.2, 0) is 0 Å². The largest absolute Gasteiger partial charge is 0.254 e. The van der Waals surface area contributed by atoms with Crippen LogP contribution in [0.4, 0.5) is 0 Å². The van der Waals surface area contributed by atoms with Crippen molar-refractivity contribution in [2.45, 2.75) is 0 Å². The second kappa shape index (κ2) is 10.0. The van der Waals surface area contributed by atoms with Crippen molar-refractivity contribution in [2.75, 3.05) is 0 Å². The monoisotopic (exact) mass is 536 g/mol. The predicted molar refractivity (Wildman–Crippen MR) is 172 cm³/mol. The Kier molecular flexibility index (Phi) is 5.75. The fraction of sp³-hybridized carbons (Fsp3) is 0. The molecule has 0 aliphatic carbocycles. The molecular weight excluding hydrogens is 512 g/mol. The van der Waals surface area contributed by atoms with Crippen molar-refractivity contribution >= 4 is 32.8 Å². The average molecular weight is 537 g/mol. The lowest BCUT2D eigenvalue weighted by atomic mass is 9.99. The van der Waals surface area contributed by atoms with Gasteiger partial charge in [0, 0.05) is 33.7 Å². The Morgan fingerprint density at radius 1 is 0.357 bits per heavy atom. The molecular formula is C38H24N4. The number of aromatic nitrogens is 4. The summed E-state index contributed by atoms with van der Waals surface area (Å²) in [4.78, 5) is 20.3. The Balaban J connectivity index is 1.32. The summed E-state index contributed by atoms with van der Waals surface area (Å²) < 4.78 is 0. The number of hydrogen-bond acceptors (Lipinski definition) is 4. The second-order valence-electron chi connectivity index (χ2n) is 10.3. The average Bonchev–Trinajstić information content (AvgIpc) is 3.08. The van der Waals surface area contributed by atoms with Crippen LogP contribution in [0.2, 0.25) is 0 Å². The van der Waals surface area contributed by atoms with E-state index in [4.69, 9.17) is 15.0 Å². The molecule has 0 atom stereocenters. The molecule has 8 aromatic rings. The van der Waals surface area contributed by atoms with Gasteiger partial charge in [0.2, 0.25) is 0 Å². The first-order chi connectivity index (χ1) is 20.8. The maximum atomic E-state index is 5.30. The van der Waals surface area contributed by atoms with Crippen molar-refractivity contribution in [3.8, 4) is 44.9 Å². The van der Waals surface area contributed by atoms with Crippen LogP contribution in [-0.4, -0.2) is 19.9 Å². The van der Waals surface area contributed by atoms with Crippen LogP contribution in [0.5, 0.6) is 0 Å². The van der Waals surface area contributed by atoms with E-state index in [0.29, 0.717) is 0 Å². The van der Waals surface area contributed by atoms with Crippen molar-refractivity contribution in [2.24, 2.45) is 0 Å². The molecule has 0 aliphatic rings. The molecule has 3 aromatic heterocycles. The molecule has 4 nitrogen and oxygen atoms in total. The quantitative estimate of drug-likeness (QED) is 0.210. The van der Waals surface area contributed by atoms with E-state index < -0.39 is 0 Å². The summed E-state index contributed by atoms with van der Waals surface area (Å²) in [6.45, 7) is 0. The number of para-hydroxylation sites is 1. The van der Waals surface area contributed by atoms with E-state index in [9.17, 15) is 0 Å². The zero-order valence-electron chi connectivity index (χ0n) is 22.6. The molecule has 5 aromatic carbocycles. The fourth-order valence-electron chi connectivity index (χ4n) is 5.61. The lowest BCUT2D eigenvalue weighted by Crippen LogP contribution is -1.98. The highest BCUT2D eigenvalue weighted by atomic mass is 14.8. The Labute approximate surface area is 243 Å². The van der Waals surface area contributed by atoms with Crippen LogP contribution in [0.15, 0.2) is 146 Å². The molecule has 0 radical (unpaired) electrons. The molecule has 8 rings (SSSR count). The third-order valence-corrected chi connectivity index (χ3v) is 7.72. The van der Waals surface area contributed by atoms with Crippen LogP contribution < -0.4 is 0 Å². The number of pyridine rings is 2. The highest BCUT2D eigenvalue weighted by molar-refractivity contribution is 6.04. The van der Waals surface area contributed by atoms with Gasteiger partial charge in [-0.2, -0.15) is 0 Å². The Morgan fingerprint density at radius 2 is 0.976 bits per heavy atom. The molecule has 42 heavy (non-hydrogen) atoms. The third-order valence-electron chi connectivity index (χ3n) is 7.72. The molecule has 3 heterocycles. The predicted octanol–water partition coefficient (Wildman–Crippen LogP) is 9.39. The van der Waals surface area contributed by atoms with Crippen molar-refractivity contribution in [1.29, 1.82) is 0 Å².